The Bertz CT molecular complexity index is 655. The van der Waals surface area contributed by atoms with E-state index in [1.54, 1.807) is 0 Å². The number of amides is 1. The Morgan fingerprint density at radius 1 is 1.08 bits per heavy atom. The fourth-order valence-electron chi connectivity index (χ4n) is 2.70. The van der Waals surface area contributed by atoms with Gasteiger partial charge in [0.05, 0.1) is 6.04 Å². The van der Waals surface area contributed by atoms with Crippen LogP contribution in [0.1, 0.15) is 45.2 Å². The zero-order chi connectivity index (χ0) is 18.2. The summed E-state index contributed by atoms with van der Waals surface area (Å²) < 4.78 is 18.8. The minimum Gasteiger partial charge on any atom is -0.481 e. The number of halogens is 1. The second-order valence-electron chi connectivity index (χ2n) is 6.57. The fraction of sp³-hybridized carbons (Fsp3) is 0.381. The van der Waals surface area contributed by atoms with Crippen LogP contribution in [0.2, 0.25) is 0 Å². The molecule has 0 saturated heterocycles. The second-order valence-corrected chi connectivity index (χ2v) is 6.57. The molecule has 1 N–H and O–H groups in total. The smallest absolute Gasteiger partial charge is 0.261 e. The molecule has 0 bridgehead atoms. The normalized spacial score (nSPS) is 13.3. The van der Waals surface area contributed by atoms with Crippen LogP contribution in [0.4, 0.5) is 4.39 Å². The molecule has 0 heterocycles. The van der Waals surface area contributed by atoms with E-state index in [-0.39, 0.29) is 17.8 Å². The van der Waals surface area contributed by atoms with Crippen molar-refractivity contribution < 1.29 is 13.9 Å². The van der Waals surface area contributed by atoms with Gasteiger partial charge in [-0.25, -0.2) is 4.39 Å². The van der Waals surface area contributed by atoms with Crippen LogP contribution in [0.5, 0.6) is 5.75 Å². The highest BCUT2D eigenvalue weighted by molar-refractivity contribution is 5.81. The van der Waals surface area contributed by atoms with Crippen LogP contribution < -0.4 is 10.1 Å². The third kappa shape index (κ3) is 5.89. The number of rotatable bonds is 8. The molecular formula is C21H26FNO2. The first kappa shape index (κ1) is 19.0. The first-order chi connectivity index (χ1) is 12.0. The molecule has 2 atom stereocenters. The number of benzene rings is 2. The molecule has 0 fully saturated rings. The molecule has 0 saturated carbocycles. The maximum absolute atomic E-state index is 13.0. The summed E-state index contributed by atoms with van der Waals surface area (Å²) in [5.41, 5.74) is 1.08. The highest BCUT2D eigenvalue weighted by Crippen LogP contribution is 2.22. The van der Waals surface area contributed by atoms with Crippen LogP contribution in [-0.4, -0.2) is 12.0 Å². The van der Waals surface area contributed by atoms with Crippen molar-refractivity contribution in [2.45, 2.75) is 45.8 Å². The zero-order valence-electron chi connectivity index (χ0n) is 15.0. The summed E-state index contributed by atoms with van der Waals surface area (Å²) in [4.78, 5) is 12.7. The molecule has 0 aliphatic carbocycles. The van der Waals surface area contributed by atoms with Crippen LogP contribution in [0.3, 0.4) is 0 Å². The number of nitrogens with one attached hydrogen (secondary N) is 1. The zero-order valence-corrected chi connectivity index (χ0v) is 15.0. The quantitative estimate of drug-likeness (QED) is 0.741. The van der Waals surface area contributed by atoms with Crippen LogP contribution >= 0.6 is 0 Å². The van der Waals surface area contributed by atoms with Gasteiger partial charge in [0.15, 0.2) is 6.10 Å². The molecule has 0 aromatic heterocycles. The molecule has 3 nitrogen and oxygen atoms in total. The van der Waals surface area contributed by atoms with Gasteiger partial charge in [0.1, 0.15) is 11.6 Å². The molecule has 2 aromatic carbocycles. The minimum absolute atomic E-state index is 0.0560. The number of hydrogen-bond donors (Lipinski definition) is 1. The number of hydrogen-bond acceptors (Lipinski definition) is 2. The van der Waals surface area contributed by atoms with Crippen LogP contribution in [0, 0.1) is 11.7 Å². The lowest BCUT2D eigenvalue weighted by molar-refractivity contribution is -0.129. The Morgan fingerprint density at radius 3 is 2.28 bits per heavy atom. The summed E-state index contributed by atoms with van der Waals surface area (Å²) in [7, 11) is 0. The van der Waals surface area contributed by atoms with Crippen molar-refractivity contribution in [3.05, 3.63) is 66.0 Å². The SMILES string of the molecule is CC[C@@H](Oc1ccc(F)cc1)C(=O)N[C@H](CC(C)C)c1ccccc1. The summed E-state index contributed by atoms with van der Waals surface area (Å²) in [5.74, 6) is 0.458. The topological polar surface area (TPSA) is 38.3 Å². The summed E-state index contributed by atoms with van der Waals surface area (Å²) in [6.07, 6.45) is 0.777. The van der Waals surface area contributed by atoms with E-state index in [1.165, 1.54) is 24.3 Å². The van der Waals surface area contributed by atoms with Crippen LogP contribution in [0.15, 0.2) is 54.6 Å². The van der Waals surface area contributed by atoms with Crippen molar-refractivity contribution in [1.29, 1.82) is 0 Å². The van der Waals surface area contributed by atoms with Gasteiger partial charge >= 0.3 is 0 Å². The average Bonchev–Trinajstić information content (AvgIpc) is 2.61. The third-order valence-electron chi connectivity index (χ3n) is 3.98. The van der Waals surface area contributed by atoms with E-state index in [9.17, 15) is 9.18 Å². The molecule has 2 aromatic rings. The van der Waals surface area contributed by atoms with Gasteiger partial charge in [-0.05, 0) is 48.6 Å². The van der Waals surface area contributed by atoms with E-state index in [0.29, 0.717) is 18.1 Å². The van der Waals surface area contributed by atoms with Crippen LogP contribution in [0.25, 0.3) is 0 Å². The molecule has 2 rings (SSSR count). The van der Waals surface area contributed by atoms with E-state index in [4.69, 9.17) is 4.74 Å². The second kappa shape index (κ2) is 9.21. The molecule has 134 valence electrons. The maximum atomic E-state index is 13.0. The summed E-state index contributed by atoms with van der Waals surface area (Å²) in [6, 6.07) is 15.6. The van der Waals surface area contributed by atoms with Crippen molar-refractivity contribution >= 4 is 5.91 Å². The summed E-state index contributed by atoms with van der Waals surface area (Å²) in [5, 5.41) is 3.11. The lowest BCUT2D eigenvalue weighted by atomic mass is 9.96. The molecule has 0 aliphatic heterocycles. The molecule has 25 heavy (non-hydrogen) atoms. The highest BCUT2D eigenvalue weighted by atomic mass is 19.1. The lowest BCUT2D eigenvalue weighted by Crippen LogP contribution is -2.40. The van der Waals surface area contributed by atoms with Crippen molar-refractivity contribution in [2.75, 3.05) is 0 Å². The van der Waals surface area contributed by atoms with E-state index in [2.05, 4.69) is 19.2 Å². The molecule has 4 heteroatoms. The van der Waals surface area contributed by atoms with E-state index < -0.39 is 6.10 Å². The van der Waals surface area contributed by atoms with Gasteiger partial charge in [0.2, 0.25) is 0 Å². The Labute approximate surface area is 149 Å². The number of ether oxygens (including phenoxy) is 1. The van der Waals surface area contributed by atoms with E-state index >= 15 is 0 Å². The summed E-state index contributed by atoms with van der Waals surface area (Å²) >= 11 is 0. The van der Waals surface area contributed by atoms with Gasteiger partial charge in [0, 0.05) is 0 Å². The largest absolute Gasteiger partial charge is 0.481 e. The molecule has 0 unspecified atom stereocenters. The Balaban J connectivity index is 2.08. The average molecular weight is 343 g/mol. The van der Waals surface area contributed by atoms with E-state index in [1.807, 2.05) is 37.3 Å². The molecule has 0 radical (unpaired) electrons. The Morgan fingerprint density at radius 2 is 1.72 bits per heavy atom. The van der Waals surface area contributed by atoms with Gasteiger partial charge < -0.3 is 10.1 Å². The minimum atomic E-state index is -0.608. The van der Waals surface area contributed by atoms with Gasteiger partial charge in [-0.2, -0.15) is 0 Å². The van der Waals surface area contributed by atoms with Gasteiger partial charge in [-0.1, -0.05) is 51.1 Å². The van der Waals surface area contributed by atoms with E-state index in [0.717, 1.165) is 12.0 Å². The van der Waals surface area contributed by atoms with Crippen molar-refractivity contribution in [3.8, 4) is 5.75 Å². The molecule has 0 spiro atoms. The maximum Gasteiger partial charge on any atom is 0.261 e. The predicted molar refractivity (Wildman–Crippen MR) is 97.9 cm³/mol. The van der Waals surface area contributed by atoms with Gasteiger partial charge in [0.25, 0.3) is 5.91 Å². The third-order valence-corrected chi connectivity index (χ3v) is 3.98. The van der Waals surface area contributed by atoms with Crippen molar-refractivity contribution in [2.24, 2.45) is 5.92 Å². The van der Waals surface area contributed by atoms with Gasteiger partial charge in [-0.15, -0.1) is 0 Å². The highest BCUT2D eigenvalue weighted by Gasteiger charge is 2.23. The standard InChI is InChI=1S/C21H26FNO2/c1-4-20(25-18-12-10-17(22)11-13-18)21(24)23-19(14-15(2)3)16-8-6-5-7-9-16/h5-13,15,19-20H,4,14H2,1-3H3,(H,23,24)/t19-,20-/m1/s1. The van der Waals surface area contributed by atoms with Crippen molar-refractivity contribution in [3.63, 3.8) is 0 Å². The van der Waals surface area contributed by atoms with Gasteiger partial charge in [-0.3, -0.25) is 4.79 Å². The van der Waals surface area contributed by atoms with Crippen LogP contribution in [-0.2, 0) is 4.79 Å². The lowest BCUT2D eigenvalue weighted by Gasteiger charge is -2.24. The number of carbonyl (C=O) groups is 1. The van der Waals surface area contributed by atoms with Crippen molar-refractivity contribution in [1.82, 2.24) is 5.32 Å². The molecule has 0 aliphatic rings. The Kier molecular flexibility index (Phi) is 6.99. The summed E-state index contributed by atoms with van der Waals surface area (Å²) in [6.45, 7) is 6.16. The Hall–Kier alpha value is -2.36. The molecular weight excluding hydrogens is 317 g/mol. The fourth-order valence-corrected chi connectivity index (χ4v) is 2.70. The monoisotopic (exact) mass is 343 g/mol. The predicted octanol–water partition coefficient (Wildman–Crippen LogP) is 4.89. The first-order valence-electron chi connectivity index (χ1n) is 8.77. The first-order valence-corrected chi connectivity index (χ1v) is 8.77. The number of carbonyl (C=O) groups excluding carboxylic acids is 1. The molecule has 1 amide bonds.